The third-order valence-corrected chi connectivity index (χ3v) is 4.47. The van der Waals surface area contributed by atoms with Gasteiger partial charge in [0.25, 0.3) is 0 Å². The van der Waals surface area contributed by atoms with E-state index in [1.807, 2.05) is 12.3 Å². The molecule has 3 heteroatoms. The van der Waals surface area contributed by atoms with Crippen molar-refractivity contribution in [3.05, 3.63) is 42.2 Å². The zero-order valence-electron chi connectivity index (χ0n) is 12.2. The summed E-state index contributed by atoms with van der Waals surface area (Å²) < 4.78 is 0. The molecule has 0 aromatic carbocycles. The Labute approximate surface area is 122 Å². The zero-order valence-corrected chi connectivity index (χ0v) is 12.2. The van der Waals surface area contributed by atoms with Gasteiger partial charge in [0.2, 0.25) is 0 Å². The monoisotopic (exact) mass is 271 g/mol. The fraction of sp³-hybridized carbons (Fsp3) is 0.588. The number of hydrogen-bond acceptors (Lipinski definition) is 3. The third kappa shape index (κ3) is 3.90. The lowest BCUT2D eigenvalue weighted by atomic mass is 9.94. The topological polar surface area (TPSA) is 19.4 Å². The van der Waals surface area contributed by atoms with Crippen LogP contribution in [0.3, 0.4) is 0 Å². The number of rotatable bonds is 4. The molecule has 0 radical (unpaired) electrons. The first-order valence-corrected chi connectivity index (χ1v) is 7.90. The Bertz CT molecular complexity index is 421. The second kappa shape index (κ2) is 7.00. The van der Waals surface area contributed by atoms with Crippen LogP contribution in [0.15, 0.2) is 36.5 Å². The van der Waals surface area contributed by atoms with E-state index in [1.54, 1.807) is 0 Å². The van der Waals surface area contributed by atoms with Gasteiger partial charge >= 0.3 is 0 Å². The van der Waals surface area contributed by atoms with E-state index in [9.17, 15) is 0 Å². The molecule has 0 amide bonds. The van der Waals surface area contributed by atoms with E-state index in [0.717, 1.165) is 12.5 Å². The van der Waals surface area contributed by atoms with Crippen LogP contribution in [0.4, 0.5) is 0 Å². The van der Waals surface area contributed by atoms with E-state index < -0.39 is 0 Å². The highest BCUT2D eigenvalue weighted by molar-refractivity contribution is 5.03. The number of hydrogen-bond donors (Lipinski definition) is 0. The lowest BCUT2D eigenvalue weighted by Gasteiger charge is -2.36. The molecular formula is C17H25N3. The fourth-order valence-corrected chi connectivity index (χ4v) is 3.24. The highest BCUT2D eigenvalue weighted by atomic mass is 15.3. The number of pyridine rings is 1. The molecule has 0 saturated carbocycles. The average Bonchev–Trinajstić information content (AvgIpc) is 2.51. The van der Waals surface area contributed by atoms with Gasteiger partial charge in [0, 0.05) is 45.5 Å². The van der Waals surface area contributed by atoms with E-state index in [4.69, 9.17) is 0 Å². The van der Waals surface area contributed by atoms with Gasteiger partial charge in [-0.3, -0.25) is 9.88 Å². The van der Waals surface area contributed by atoms with Crippen LogP contribution >= 0.6 is 0 Å². The standard InChI is InChI=1S/C17H25N3/c1-2-6-16(7-3-1)14-19-10-12-20(13-11-19)15-17-8-4-5-9-18-17/h1-2,4-5,8-9,16H,3,6-7,10-15H2/t16-/m0/s1. The van der Waals surface area contributed by atoms with Crippen molar-refractivity contribution < 1.29 is 0 Å². The summed E-state index contributed by atoms with van der Waals surface area (Å²) in [4.78, 5) is 9.60. The minimum absolute atomic E-state index is 0.891. The zero-order chi connectivity index (χ0) is 13.6. The summed E-state index contributed by atoms with van der Waals surface area (Å²) in [6.07, 6.45) is 10.5. The molecule has 108 valence electrons. The maximum absolute atomic E-state index is 4.42. The fourth-order valence-electron chi connectivity index (χ4n) is 3.24. The van der Waals surface area contributed by atoms with E-state index in [0.29, 0.717) is 0 Å². The Morgan fingerprint density at radius 1 is 1.05 bits per heavy atom. The first-order valence-electron chi connectivity index (χ1n) is 7.90. The lowest BCUT2D eigenvalue weighted by molar-refractivity contribution is 0.110. The quantitative estimate of drug-likeness (QED) is 0.785. The summed E-state index contributed by atoms with van der Waals surface area (Å²) in [5.74, 6) is 0.891. The van der Waals surface area contributed by atoms with Gasteiger partial charge in [-0.15, -0.1) is 0 Å². The van der Waals surface area contributed by atoms with Crippen LogP contribution < -0.4 is 0 Å². The van der Waals surface area contributed by atoms with Crippen molar-refractivity contribution in [2.24, 2.45) is 5.92 Å². The summed E-state index contributed by atoms with van der Waals surface area (Å²) in [7, 11) is 0. The minimum atomic E-state index is 0.891. The van der Waals surface area contributed by atoms with Gasteiger partial charge in [-0.05, 0) is 37.3 Å². The SMILES string of the molecule is C1=CC[C@H](CN2CCN(Cc3ccccn3)CC2)CC1. The molecule has 1 aromatic rings. The molecule has 0 N–H and O–H groups in total. The van der Waals surface area contributed by atoms with E-state index in [1.165, 1.54) is 57.7 Å². The molecule has 1 aliphatic heterocycles. The van der Waals surface area contributed by atoms with Crippen LogP contribution in [-0.4, -0.2) is 47.5 Å². The molecular weight excluding hydrogens is 246 g/mol. The Kier molecular flexibility index (Phi) is 4.82. The molecule has 0 spiro atoms. The Morgan fingerprint density at radius 3 is 2.60 bits per heavy atom. The number of nitrogens with zero attached hydrogens (tertiary/aromatic N) is 3. The molecule has 1 aliphatic carbocycles. The van der Waals surface area contributed by atoms with E-state index >= 15 is 0 Å². The Morgan fingerprint density at radius 2 is 1.90 bits per heavy atom. The van der Waals surface area contributed by atoms with Crippen molar-refractivity contribution in [3.8, 4) is 0 Å². The van der Waals surface area contributed by atoms with Gasteiger partial charge in [-0.25, -0.2) is 0 Å². The van der Waals surface area contributed by atoms with E-state index in [2.05, 4.69) is 39.1 Å². The van der Waals surface area contributed by atoms with Gasteiger partial charge in [-0.2, -0.15) is 0 Å². The van der Waals surface area contributed by atoms with Crippen LogP contribution in [-0.2, 0) is 6.54 Å². The van der Waals surface area contributed by atoms with Gasteiger partial charge < -0.3 is 4.90 Å². The molecule has 3 nitrogen and oxygen atoms in total. The second-order valence-corrected chi connectivity index (χ2v) is 6.05. The van der Waals surface area contributed by atoms with Crippen molar-refractivity contribution in [2.45, 2.75) is 25.8 Å². The molecule has 1 saturated heterocycles. The molecule has 0 bridgehead atoms. The van der Waals surface area contributed by atoms with Crippen LogP contribution in [0.5, 0.6) is 0 Å². The number of allylic oxidation sites excluding steroid dienone is 2. The molecule has 2 aliphatic rings. The first-order chi connectivity index (χ1) is 9.90. The summed E-state index contributed by atoms with van der Waals surface area (Å²) in [5, 5.41) is 0. The predicted molar refractivity (Wildman–Crippen MR) is 82.4 cm³/mol. The highest BCUT2D eigenvalue weighted by Gasteiger charge is 2.20. The van der Waals surface area contributed by atoms with Crippen LogP contribution in [0.1, 0.15) is 25.0 Å². The van der Waals surface area contributed by atoms with Crippen LogP contribution in [0.25, 0.3) is 0 Å². The molecule has 1 atom stereocenters. The van der Waals surface area contributed by atoms with Crippen LogP contribution in [0.2, 0.25) is 0 Å². The smallest absolute Gasteiger partial charge is 0.0543 e. The van der Waals surface area contributed by atoms with E-state index in [-0.39, 0.29) is 0 Å². The maximum Gasteiger partial charge on any atom is 0.0543 e. The molecule has 2 heterocycles. The largest absolute Gasteiger partial charge is 0.301 e. The average molecular weight is 271 g/mol. The van der Waals surface area contributed by atoms with Gasteiger partial charge in [0.15, 0.2) is 0 Å². The molecule has 1 aromatic heterocycles. The molecule has 20 heavy (non-hydrogen) atoms. The molecule has 3 rings (SSSR count). The van der Waals surface area contributed by atoms with Crippen molar-refractivity contribution in [2.75, 3.05) is 32.7 Å². The van der Waals surface area contributed by atoms with Gasteiger partial charge in [0.05, 0.1) is 5.69 Å². The van der Waals surface area contributed by atoms with Gasteiger partial charge in [-0.1, -0.05) is 18.2 Å². The Balaban J connectivity index is 1.41. The normalized spacial score (nSPS) is 24.9. The minimum Gasteiger partial charge on any atom is -0.301 e. The second-order valence-electron chi connectivity index (χ2n) is 6.05. The predicted octanol–water partition coefficient (Wildman–Crippen LogP) is 2.56. The highest BCUT2D eigenvalue weighted by Crippen LogP contribution is 2.20. The van der Waals surface area contributed by atoms with Crippen LogP contribution in [0, 0.1) is 5.92 Å². The summed E-state index contributed by atoms with van der Waals surface area (Å²) in [5.41, 5.74) is 1.19. The van der Waals surface area contributed by atoms with Crippen molar-refractivity contribution >= 4 is 0 Å². The molecule has 1 fully saturated rings. The van der Waals surface area contributed by atoms with Gasteiger partial charge in [0.1, 0.15) is 0 Å². The van der Waals surface area contributed by atoms with Crippen molar-refractivity contribution in [1.82, 2.24) is 14.8 Å². The Hall–Kier alpha value is -1.19. The summed E-state index contributed by atoms with van der Waals surface area (Å²) in [6, 6.07) is 6.19. The third-order valence-electron chi connectivity index (χ3n) is 4.47. The number of aromatic nitrogens is 1. The molecule has 0 unspecified atom stereocenters. The number of piperazine rings is 1. The summed E-state index contributed by atoms with van der Waals surface area (Å²) in [6.45, 7) is 7.08. The first kappa shape index (κ1) is 13.8. The maximum atomic E-state index is 4.42. The lowest BCUT2D eigenvalue weighted by Crippen LogP contribution is -2.47. The van der Waals surface area contributed by atoms with Crippen molar-refractivity contribution in [3.63, 3.8) is 0 Å². The summed E-state index contributed by atoms with van der Waals surface area (Å²) >= 11 is 0. The van der Waals surface area contributed by atoms with Crippen molar-refractivity contribution in [1.29, 1.82) is 0 Å².